The molecule has 0 fully saturated rings. The number of nitrogen functional groups attached to an aromatic ring is 1. The second kappa shape index (κ2) is 4.44. The number of anilines is 2. The highest BCUT2D eigenvalue weighted by atomic mass is 16.3. The van der Waals surface area contributed by atoms with Gasteiger partial charge in [0.2, 0.25) is 5.95 Å². The van der Waals surface area contributed by atoms with Crippen molar-refractivity contribution in [1.82, 2.24) is 9.97 Å². The molecule has 0 aliphatic carbocycles. The van der Waals surface area contributed by atoms with Crippen LogP contribution in [0.15, 0.2) is 12.3 Å². The molecule has 5 heteroatoms. The van der Waals surface area contributed by atoms with Crippen molar-refractivity contribution in [2.24, 2.45) is 0 Å². The summed E-state index contributed by atoms with van der Waals surface area (Å²) in [5.41, 5.74) is 4.75. The third-order valence-corrected chi connectivity index (χ3v) is 1.94. The van der Waals surface area contributed by atoms with Crippen LogP contribution >= 0.6 is 0 Å². The molecule has 1 heterocycles. The molecule has 0 radical (unpaired) electrons. The number of aliphatic hydroxyl groups is 1. The van der Waals surface area contributed by atoms with Crippen LogP contribution in [0.2, 0.25) is 0 Å². The Morgan fingerprint density at radius 1 is 1.53 bits per heavy atom. The van der Waals surface area contributed by atoms with Crippen molar-refractivity contribution < 1.29 is 5.11 Å². The van der Waals surface area contributed by atoms with Crippen molar-refractivity contribution >= 4 is 11.8 Å². The molecule has 0 bridgehead atoms. The molecular weight excluding hydrogens is 192 g/mol. The lowest BCUT2D eigenvalue weighted by Gasteiger charge is -2.28. The number of aromatic nitrogens is 2. The topological polar surface area (TPSA) is 75.3 Å². The van der Waals surface area contributed by atoms with Crippen molar-refractivity contribution in [3.8, 4) is 0 Å². The summed E-state index contributed by atoms with van der Waals surface area (Å²) in [6.07, 6.45) is 1.62. The third-order valence-electron chi connectivity index (χ3n) is 1.94. The fraction of sp³-hybridized carbons (Fsp3) is 0.600. The van der Waals surface area contributed by atoms with Gasteiger partial charge in [0.05, 0.1) is 5.60 Å². The molecule has 1 aromatic rings. The molecule has 0 aliphatic heterocycles. The first-order valence-corrected chi connectivity index (χ1v) is 4.98. The zero-order valence-electron chi connectivity index (χ0n) is 9.44. The van der Waals surface area contributed by atoms with Crippen LogP contribution in [0, 0.1) is 0 Å². The summed E-state index contributed by atoms with van der Waals surface area (Å²) < 4.78 is 0. The molecule has 0 amide bonds. The van der Waals surface area contributed by atoms with Gasteiger partial charge in [-0.2, -0.15) is 4.98 Å². The Bertz CT molecular complexity index is 321. The van der Waals surface area contributed by atoms with Gasteiger partial charge in [-0.25, -0.2) is 4.98 Å². The smallest absolute Gasteiger partial charge is 0.221 e. The quantitative estimate of drug-likeness (QED) is 0.763. The number of likely N-dealkylation sites (N-methyl/N-ethyl adjacent to an activating group) is 1. The predicted molar refractivity (Wildman–Crippen MR) is 60.6 cm³/mol. The highest BCUT2D eigenvalue weighted by Crippen LogP contribution is 2.14. The Balaban J connectivity index is 2.83. The molecule has 5 nitrogen and oxygen atoms in total. The maximum Gasteiger partial charge on any atom is 0.221 e. The molecule has 15 heavy (non-hydrogen) atoms. The van der Waals surface area contributed by atoms with Crippen LogP contribution in [0.25, 0.3) is 0 Å². The monoisotopic (exact) mass is 210 g/mol. The maximum atomic E-state index is 9.73. The van der Waals surface area contributed by atoms with Gasteiger partial charge in [0.1, 0.15) is 5.82 Å². The van der Waals surface area contributed by atoms with Gasteiger partial charge in [-0.3, -0.25) is 0 Å². The van der Waals surface area contributed by atoms with Gasteiger partial charge in [-0.1, -0.05) is 0 Å². The van der Waals surface area contributed by atoms with Gasteiger partial charge < -0.3 is 15.7 Å². The van der Waals surface area contributed by atoms with Crippen LogP contribution in [0.4, 0.5) is 11.8 Å². The van der Waals surface area contributed by atoms with Crippen molar-refractivity contribution in [3.05, 3.63) is 12.3 Å². The normalized spacial score (nSPS) is 11.5. The van der Waals surface area contributed by atoms with E-state index in [1.807, 2.05) is 11.8 Å². The van der Waals surface area contributed by atoms with E-state index in [1.165, 1.54) is 0 Å². The summed E-state index contributed by atoms with van der Waals surface area (Å²) in [4.78, 5) is 9.90. The Morgan fingerprint density at radius 3 is 2.67 bits per heavy atom. The number of hydrogen-bond acceptors (Lipinski definition) is 5. The molecule has 0 atom stereocenters. The minimum atomic E-state index is -0.754. The van der Waals surface area contributed by atoms with Crippen molar-refractivity contribution in [1.29, 1.82) is 0 Å². The zero-order valence-corrected chi connectivity index (χ0v) is 9.44. The van der Waals surface area contributed by atoms with Crippen molar-refractivity contribution in [2.75, 3.05) is 23.7 Å². The van der Waals surface area contributed by atoms with E-state index in [9.17, 15) is 5.11 Å². The summed E-state index contributed by atoms with van der Waals surface area (Å²) in [6, 6.07) is 1.78. The Kier molecular flexibility index (Phi) is 3.47. The largest absolute Gasteiger partial charge is 0.389 e. The summed E-state index contributed by atoms with van der Waals surface area (Å²) >= 11 is 0. The summed E-state index contributed by atoms with van der Waals surface area (Å²) in [7, 11) is 0. The van der Waals surface area contributed by atoms with Crippen LogP contribution in [-0.2, 0) is 0 Å². The number of hydrogen-bond donors (Lipinski definition) is 2. The first-order valence-electron chi connectivity index (χ1n) is 4.98. The lowest BCUT2D eigenvalue weighted by atomic mass is 10.1. The number of rotatable bonds is 4. The van der Waals surface area contributed by atoms with Gasteiger partial charge in [0.25, 0.3) is 0 Å². The Labute approximate surface area is 90.0 Å². The van der Waals surface area contributed by atoms with Crippen LogP contribution in [0.5, 0.6) is 0 Å². The molecular formula is C10H18N4O. The van der Waals surface area contributed by atoms with E-state index in [0.717, 1.165) is 12.4 Å². The number of nitrogens with two attached hydrogens (primary N) is 1. The van der Waals surface area contributed by atoms with Crippen LogP contribution < -0.4 is 10.6 Å². The highest BCUT2D eigenvalue weighted by molar-refractivity contribution is 5.41. The fourth-order valence-electron chi connectivity index (χ4n) is 1.36. The second-order valence-corrected chi connectivity index (χ2v) is 4.10. The standard InChI is InChI=1S/C10H18N4O/c1-4-14(7-10(2,3)15)8-5-6-12-9(11)13-8/h5-6,15H,4,7H2,1-3H3,(H2,11,12,13). The van der Waals surface area contributed by atoms with E-state index in [2.05, 4.69) is 9.97 Å². The van der Waals surface area contributed by atoms with E-state index in [-0.39, 0.29) is 5.95 Å². The minimum absolute atomic E-state index is 0.252. The first-order chi connectivity index (χ1) is 6.92. The minimum Gasteiger partial charge on any atom is -0.389 e. The van der Waals surface area contributed by atoms with E-state index in [4.69, 9.17) is 5.73 Å². The molecule has 0 saturated heterocycles. The van der Waals surface area contributed by atoms with Crippen LogP contribution in [0.1, 0.15) is 20.8 Å². The lowest BCUT2D eigenvalue weighted by Crippen LogP contribution is -2.39. The number of nitrogens with zero attached hydrogens (tertiary/aromatic N) is 3. The average Bonchev–Trinajstić information content (AvgIpc) is 2.13. The predicted octanol–water partition coefficient (Wildman–Crippen LogP) is 0.656. The average molecular weight is 210 g/mol. The molecule has 3 N–H and O–H groups in total. The molecule has 0 aliphatic rings. The lowest BCUT2D eigenvalue weighted by molar-refractivity contribution is 0.0874. The van der Waals surface area contributed by atoms with E-state index >= 15 is 0 Å². The first kappa shape index (κ1) is 11.7. The van der Waals surface area contributed by atoms with Gasteiger partial charge in [-0.15, -0.1) is 0 Å². The summed E-state index contributed by atoms with van der Waals surface area (Å²) in [6.45, 7) is 6.81. The second-order valence-electron chi connectivity index (χ2n) is 4.10. The molecule has 1 aromatic heterocycles. The summed E-state index contributed by atoms with van der Waals surface area (Å²) in [5, 5.41) is 9.73. The van der Waals surface area contributed by atoms with E-state index < -0.39 is 5.60 Å². The fourth-order valence-corrected chi connectivity index (χ4v) is 1.36. The van der Waals surface area contributed by atoms with Crippen LogP contribution in [-0.4, -0.2) is 33.8 Å². The molecule has 0 spiro atoms. The maximum absolute atomic E-state index is 9.73. The van der Waals surface area contributed by atoms with Crippen molar-refractivity contribution in [2.45, 2.75) is 26.4 Å². The molecule has 0 saturated carbocycles. The van der Waals surface area contributed by atoms with Gasteiger partial charge in [0.15, 0.2) is 0 Å². The zero-order chi connectivity index (χ0) is 11.5. The van der Waals surface area contributed by atoms with E-state index in [0.29, 0.717) is 6.54 Å². The van der Waals surface area contributed by atoms with Gasteiger partial charge in [0, 0.05) is 19.3 Å². The molecule has 84 valence electrons. The highest BCUT2D eigenvalue weighted by Gasteiger charge is 2.18. The van der Waals surface area contributed by atoms with Gasteiger partial charge >= 0.3 is 0 Å². The van der Waals surface area contributed by atoms with Crippen LogP contribution in [0.3, 0.4) is 0 Å². The Hall–Kier alpha value is -1.36. The SMILES string of the molecule is CCN(CC(C)(C)O)c1ccnc(N)n1. The summed E-state index contributed by atoms with van der Waals surface area (Å²) in [5.74, 6) is 0.994. The molecule has 1 rings (SSSR count). The molecule has 0 unspecified atom stereocenters. The van der Waals surface area contributed by atoms with Crippen molar-refractivity contribution in [3.63, 3.8) is 0 Å². The van der Waals surface area contributed by atoms with E-state index in [1.54, 1.807) is 26.1 Å². The Morgan fingerprint density at radius 2 is 2.20 bits per heavy atom. The van der Waals surface area contributed by atoms with Gasteiger partial charge in [-0.05, 0) is 26.8 Å². The molecule has 0 aromatic carbocycles. The third kappa shape index (κ3) is 3.71.